The lowest BCUT2D eigenvalue weighted by Gasteiger charge is -2.14. The predicted molar refractivity (Wildman–Crippen MR) is 101 cm³/mol. The van der Waals surface area contributed by atoms with Crippen molar-refractivity contribution in [3.8, 4) is 0 Å². The van der Waals surface area contributed by atoms with Crippen LogP contribution in [0.3, 0.4) is 0 Å². The average molecular weight is 321 g/mol. The minimum Gasteiger partial charge on any atom is -0.383 e. The van der Waals surface area contributed by atoms with Gasteiger partial charge < -0.3 is 10.6 Å². The molecule has 23 heavy (non-hydrogen) atoms. The largest absolute Gasteiger partial charge is 0.383 e. The molecule has 0 aliphatic carbocycles. The molecule has 0 saturated carbocycles. The predicted octanol–water partition coefficient (Wildman–Crippen LogP) is 4.90. The van der Waals surface area contributed by atoms with Crippen molar-refractivity contribution >= 4 is 11.8 Å². The van der Waals surface area contributed by atoms with Crippen LogP contribution in [0.1, 0.15) is 82.4 Å². The van der Waals surface area contributed by atoms with Crippen LogP contribution < -0.4 is 10.6 Å². The number of rotatable bonds is 12. The van der Waals surface area contributed by atoms with E-state index >= 15 is 0 Å². The fraction of sp³-hybridized carbons (Fsp3) is 0.789. The third kappa shape index (κ3) is 7.67. The zero-order valence-corrected chi connectivity index (χ0v) is 15.7. The Morgan fingerprint density at radius 2 is 1.35 bits per heavy atom. The van der Waals surface area contributed by atoms with Crippen LogP contribution >= 0.6 is 0 Å². The summed E-state index contributed by atoms with van der Waals surface area (Å²) in [6.45, 7) is 4.31. The van der Waals surface area contributed by atoms with Gasteiger partial charge in [-0.3, -0.25) is 0 Å². The Balaban J connectivity index is 2.19. The number of aromatic nitrogens is 2. The zero-order chi connectivity index (χ0) is 17.1. The summed E-state index contributed by atoms with van der Waals surface area (Å²) < 4.78 is 0. The van der Waals surface area contributed by atoms with Crippen LogP contribution in [-0.2, 0) is 6.42 Å². The quantitative estimate of drug-likeness (QED) is 0.557. The maximum atomic E-state index is 6.10. The second kappa shape index (κ2) is 11.3. The molecule has 132 valence electrons. The third-order valence-electron chi connectivity index (χ3n) is 4.41. The molecule has 0 amide bonds. The Kier molecular flexibility index (Phi) is 9.65. The van der Waals surface area contributed by atoms with Crippen molar-refractivity contribution in [2.75, 3.05) is 24.7 Å². The molecule has 1 aromatic rings. The van der Waals surface area contributed by atoms with Crippen LogP contribution in [0.4, 0.5) is 11.8 Å². The lowest BCUT2D eigenvalue weighted by Crippen LogP contribution is -2.16. The van der Waals surface area contributed by atoms with E-state index in [1.54, 1.807) is 0 Å². The molecule has 0 unspecified atom stereocenters. The molecule has 0 bridgehead atoms. The molecule has 0 saturated heterocycles. The Morgan fingerprint density at radius 1 is 0.826 bits per heavy atom. The Labute approximate surface area is 142 Å². The summed E-state index contributed by atoms with van der Waals surface area (Å²) >= 11 is 0. The van der Waals surface area contributed by atoms with Crippen LogP contribution in [0.5, 0.6) is 0 Å². The van der Waals surface area contributed by atoms with Crippen molar-refractivity contribution in [3.63, 3.8) is 0 Å². The molecular weight excluding hydrogens is 284 g/mol. The van der Waals surface area contributed by atoms with Gasteiger partial charge in [-0.1, -0.05) is 64.7 Å². The van der Waals surface area contributed by atoms with Crippen molar-refractivity contribution in [1.29, 1.82) is 0 Å². The van der Waals surface area contributed by atoms with Gasteiger partial charge in [0.05, 0.1) is 0 Å². The van der Waals surface area contributed by atoms with Crippen LogP contribution in [0.25, 0.3) is 0 Å². The Morgan fingerprint density at radius 3 is 1.83 bits per heavy atom. The molecule has 4 nitrogen and oxygen atoms in total. The number of hydrogen-bond acceptors (Lipinski definition) is 4. The molecule has 1 rings (SSSR count). The molecule has 0 atom stereocenters. The highest BCUT2D eigenvalue weighted by atomic mass is 15.2. The van der Waals surface area contributed by atoms with E-state index in [2.05, 4.69) is 16.9 Å². The normalized spacial score (nSPS) is 11.0. The lowest BCUT2D eigenvalue weighted by molar-refractivity contribution is 0.556. The number of aryl methyl sites for hydroxylation is 1. The first-order chi connectivity index (χ1) is 11.1. The molecule has 1 heterocycles. The van der Waals surface area contributed by atoms with Crippen LogP contribution in [-0.4, -0.2) is 24.1 Å². The number of nitrogens with two attached hydrogens (primary N) is 1. The fourth-order valence-corrected chi connectivity index (χ4v) is 2.90. The molecule has 0 spiro atoms. The Bertz CT molecular complexity index is 420. The number of anilines is 2. The number of hydrogen-bond donors (Lipinski definition) is 1. The van der Waals surface area contributed by atoms with Crippen LogP contribution in [0.2, 0.25) is 0 Å². The second-order valence-electron chi connectivity index (χ2n) is 6.80. The van der Waals surface area contributed by atoms with Crippen molar-refractivity contribution in [2.24, 2.45) is 0 Å². The first kappa shape index (κ1) is 19.7. The summed E-state index contributed by atoms with van der Waals surface area (Å²) in [5, 5.41) is 0. The van der Waals surface area contributed by atoms with Gasteiger partial charge in [0.15, 0.2) is 0 Å². The van der Waals surface area contributed by atoms with E-state index < -0.39 is 0 Å². The molecular formula is C19H36N4. The van der Waals surface area contributed by atoms with E-state index in [-0.39, 0.29) is 0 Å². The van der Waals surface area contributed by atoms with Gasteiger partial charge in [-0.25, -0.2) is 4.98 Å². The van der Waals surface area contributed by atoms with Gasteiger partial charge in [-0.2, -0.15) is 4.98 Å². The summed E-state index contributed by atoms with van der Waals surface area (Å²) in [7, 11) is 3.88. The smallest absolute Gasteiger partial charge is 0.227 e. The van der Waals surface area contributed by atoms with Crippen molar-refractivity contribution < 1.29 is 0 Å². The molecule has 0 aliphatic heterocycles. The number of nitrogens with zero attached hydrogens (tertiary/aromatic N) is 3. The average Bonchev–Trinajstić information content (AvgIpc) is 2.51. The molecule has 2 N–H and O–H groups in total. The highest BCUT2D eigenvalue weighted by Crippen LogP contribution is 2.20. The monoisotopic (exact) mass is 320 g/mol. The van der Waals surface area contributed by atoms with E-state index in [0.717, 1.165) is 17.7 Å². The van der Waals surface area contributed by atoms with Gasteiger partial charge in [0, 0.05) is 25.4 Å². The zero-order valence-electron chi connectivity index (χ0n) is 15.7. The van der Waals surface area contributed by atoms with Crippen LogP contribution in [0.15, 0.2) is 0 Å². The maximum Gasteiger partial charge on any atom is 0.227 e. The molecule has 1 aromatic heterocycles. The fourth-order valence-electron chi connectivity index (χ4n) is 2.90. The van der Waals surface area contributed by atoms with E-state index in [1.807, 2.05) is 25.9 Å². The highest BCUT2D eigenvalue weighted by molar-refractivity contribution is 5.47. The van der Waals surface area contributed by atoms with Crippen molar-refractivity contribution in [1.82, 2.24) is 9.97 Å². The SMILES string of the molecule is CCCCCCCCCCCCc1c(C)nc(N(C)C)nc1N. The van der Waals surface area contributed by atoms with Gasteiger partial charge in [-0.05, 0) is 19.8 Å². The Hall–Kier alpha value is -1.32. The number of nitrogen functional groups attached to an aromatic ring is 1. The van der Waals surface area contributed by atoms with Crippen molar-refractivity contribution in [2.45, 2.75) is 84.5 Å². The number of unbranched alkanes of at least 4 members (excludes halogenated alkanes) is 9. The summed E-state index contributed by atoms with van der Waals surface area (Å²) in [5.41, 5.74) is 8.26. The highest BCUT2D eigenvalue weighted by Gasteiger charge is 2.10. The first-order valence-electron chi connectivity index (χ1n) is 9.36. The van der Waals surface area contributed by atoms with Crippen LogP contribution in [0, 0.1) is 6.92 Å². The molecule has 0 fully saturated rings. The summed E-state index contributed by atoms with van der Waals surface area (Å²) in [4.78, 5) is 10.8. The third-order valence-corrected chi connectivity index (χ3v) is 4.41. The second-order valence-corrected chi connectivity index (χ2v) is 6.80. The van der Waals surface area contributed by atoms with E-state index in [1.165, 1.54) is 64.2 Å². The van der Waals surface area contributed by atoms with E-state index in [4.69, 9.17) is 5.73 Å². The first-order valence-corrected chi connectivity index (χ1v) is 9.36. The molecule has 0 aromatic carbocycles. The minimum absolute atomic E-state index is 0.650. The van der Waals surface area contributed by atoms with E-state index in [0.29, 0.717) is 11.8 Å². The minimum atomic E-state index is 0.650. The van der Waals surface area contributed by atoms with Gasteiger partial charge >= 0.3 is 0 Å². The summed E-state index contributed by atoms with van der Waals surface area (Å²) in [5.74, 6) is 1.35. The molecule has 0 radical (unpaired) electrons. The van der Waals surface area contributed by atoms with Gasteiger partial charge in [0.2, 0.25) is 5.95 Å². The maximum absolute atomic E-state index is 6.10. The summed E-state index contributed by atoms with van der Waals surface area (Å²) in [6.07, 6.45) is 14.5. The van der Waals surface area contributed by atoms with Gasteiger partial charge in [0.1, 0.15) is 5.82 Å². The van der Waals surface area contributed by atoms with E-state index in [9.17, 15) is 0 Å². The molecule has 0 aliphatic rings. The standard InChI is InChI=1S/C19H36N4/c1-5-6-7-8-9-10-11-12-13-14-15-17-16(2)21-19(23(3)4)22-18(17)20/h5-15H2,1-4H3,(H2,20,21,22). The topological polar surface area (TPSA) is 55.0 Å². The van der Waals surface area contributed by atoms with Gasteiger partial charge in [-0.15, -0.1) is 0 Å². The molecule has 4 heteroatoms. The van der Waals surface area contributed by atoms with Gasteiger partial charge in [0.25, 0.3) is 0 Å². The van der Waals surface area contributed by atoms with Crippen molar-refractivity contribution in [3.05, 3.63) is 11.3 Å². The summed E-state index contributed by atoms with van der Waals surface area (Å²) in [6, 6.07) is 0. The lowest BCUT2D eigenvalue weighted by atomic mass is 10.0.